The summed E-state index contributed by atoms with van der Waals surface area (Å²) >= 11 is 0. The molecule has 0 spiro atoms. The number of para-hydroxylation sites is 2. The SMILES string of the molecule is CCc1cccc(C)c1Nc1ccc(NC(=O)Nc2ccccc2)cn1. The average Bonchev–Trinajstić information content (AvgIpc) is 2.65. The molecule has 3 rings (SSSR count). The second-order valence-electron chi connectivity index (χ2n) is 5.96. The van der Waals surface area contributed by atoms with Crippen molar-refractivity contribution in [3.8, 4) is 0 Å². The van der Waals surface area contributed by atoms with Crippen LogP contribution >= 0.6 is 0 Å². The van der Waals surface area contributed by atoms with Gasteiger partial charge in [0.25, 0.3) is 0 Å². The highest BCUT2D eigenvalue weighted by Crippen LogP contribution is 2.25. The Hall–Kier alpha value is -3.34. The van der Waals surface area contributed by atoms with Gasteiger partial charge in [0.2, 0.25) is 0 Å². The molecule has 0 aliphatic heterocycles. The van der Waals surface area contributed by atoms with E-state index in [9.17, 15) is 4.79 Å². The van der Waals surface area contributed by atoms with E-state index in [0.717, 1.165) is 23.6 Å². The number of aromatic nitrogens is 1. The van der Waals surface area contributed by atoms with Crippen molar-refractivity contribution in [2.45, 2.75) is 20.3 Å². The minimum absolute atomic E-state index is 0.300. The maximum Gasteiger partial charge on any atom is 0.323 e. The quantitative estimate of drug-likeness (QED) is 0.584. The summed E-state index contributed by atoms with van der Waals surface area (Å²) in [6.07, 6.45) is 2.58. The Balaban J connectivity index is 1.65. The zero-order valence-corrected chi connectivity index (χ0v) is 14.9. The third-order valence-corrected chi connectivity index (χ3v) is 4.05. The summed E-state index contributed by atoms with van der Waals surface area (Å²) in [5.74, 6) is 0.739. The number of anilines is 4. The molecule has 3 aromatic rings. The minimum atomic E-state index is -0.300. The van der Waals surface area contributed by atoms with Crippen LogP contribution in [0, 0.1) is 6.92 Å². The maximum absolute atomic E-state index is 12.0. The molecule has 0 saturated carbocycles. The van der Waals surface area contributed by atoms with E-state index in [2.05, 4.69) is 53.0 Å². The molecule has 0 bridgehead atoms. The van der Waals surface area contributed by atoms with Crippen LogP contribution in [0.15, 0.2) is 66.9 Å². The molecule has 0 radical (unpaired) electrons. The third kappa shape index (κ3) is 4.39. The van der Waals surface area contributed by atoms with Gasteiger partial charge in [-0.15, -0.1) is 0 Å². The van der Waals surface area contributed by atoms with Gasteiger partial charge >= 0.3 is 6.03 Å². The highest BCUT2D eigenvalue weighted by atomic mass is 16.2. The zero-order valence-electron chi connectivity index (χ0n) is 14.9. The molecule has 0 atom stereocenters. The third-order valence-electron chi connectivity index (χ3n) is 4.05. The second kappa shape index (κ2) is 8.16. The molecule has 26 heavy (non-hydrogen) atoms. The lowest BCUT2D eigenvalue weighted by Gasteiger charge is -2.14. The number of benzene rings is 2. The second-order valence-corrected chi connectivity index (χ2v) is 5.96. The lowest BCUT2D eigenvalue weighted by Crippen LogP contribution is -2.19. The fourth-order valence-corrected chi connectivity index (χ4v) is 2.69. The lowest BCUT2D eigenvalue weighted by molar-refractivity contribution is 0.262. The van der Waals surface area contributed by atoms with Crippen LogP contribution in [0.25, 0.3) is 0 Å². The average molecular weight is 346 g/mol. The van der Waals surface area contributed by atoms with E-state index in [4.69, 9.17) is 0 Å². The molecular weight excluding hydrogens is 324 g/mol. The standard InChI is InChI=1S/C21H22N4O/c1-3-16-9-7-8-15(2)20(16)25-19-13-12-18(14-22-19)24-21(26)23-17-10-5-4-6-11-17/h4-14H,3H2,1-2H3,(H,22,25)(H2,23,24,26). The Morgan fingerprint density at radius 1 is 0.923 bits per heavy atom. The summed E-state index contributed by atoms with van der Waals surface area (Å²) in [5, 5.41) is 8.92. The molecule has 3 N–H and O–H groups in total. The highest BCUT2D eigenvalue weighted by Gasteiger charge is 2.06. The Labute approximate surface area is 153 Å². The largest absolute Gasteiger partial charge is 0.340 e. The predicted octanol–water partition coefficient (Wildman–Crippen LogP) is 5.34. The molecule has 0 aliphatic carbocycles. The molecule has 1 heterocycles. The van der Waals surface area contributed by atoms with Gasteiger partial charge in [-0.3, -0.25) is 0 Å². The van der Waals surface area contributed by atoms with Gasteiger partial charge in [-0.2, -0.15) is 0 Å². The molecular formula is C21H22N4O. The van der Waals surface area contributed by atoms with Crippen molar-refractivity contribution >= 4 is 28.9 Å². The van der Waals surface area contributed by atoms with E-state index in [1.165, 1.54) is 11.1 Å². The topological polar surface area (TPSA) is 66.0 Å². The first-order valence-electron chi connectivity index (χ1n) is 8.60. The molecule has 0 aliphatic rings. The number of urea groups is 1. The number of nitrogens with zero attached hydrogens (tertiary/aromatic N) is 1. The molecule has 5 nitrogen and oxygen atoms in total. The van der Waals surface area contributed by atoms with Crippen molar-refractivity contribution in [2.75, 3.05) is 16.0 Å². The number of amides is 2. The lowest BCUT2D eigenvalue weighted by atomic mass is 10.1. The maximum atomic E-state index is 12.0. The fraction of sp³-hybridized carbons (Fsp3) is 0.143. The van der Waals surface area contributed by atoms with Crippen molar-refractivity contribution < 1.29 is 4.79 Å². The van der Waals surface area contributed by atoms with Crippen molar-refractivity contribution in [2.24, 2.45) is 0 Å². The van der Waals surface area contributed by atoms with Crippen molar-refractivity contribution in [3.63, 3.8) is 0 Å². The van der Waals surface area contributed by atoms with Gasteiger partial charge < -0.3 is 16.0 Å². The first kappa shape index (κ1) is 17.5. The Morgan fingerprint density at radius 2 is 1.69 bits per heavy atom. The van der Waals surface area contributed by atoms with Gasteiger partial charge in [-0.1, -0.05) is 43.3 Å². The fourth-order valence-electron chi connectivity index (χ4n) is 2.69. The smallest absolute Gasteiger partial charge is 0.323 e. The van der Waals surface area contributed by atoms with Gasteiger partial charge in [0, 0.05) is 11.4 Å². The van der Waals surface area contributed by atoms with Crippen molar-refractivity contribution in [3.05, 3.63) is 78.0 Å². The van der Waals surface area contributed by atoms with Gasteiger partial charge in [0.05, 0.1) is 11.9 Å². The zero-order chi connectivity index (χ0) is 18.4. The van der Waals surface area contributed by atoms with Gasteiger partial charge in [-0.05, 0) is 48.7 Å². The van der Waals surface area contributed by atoms with Crippen LogP contribution < -0.4 is 16.0 Å². The monoisotopic (exact) mass is 346 g/mol. The van der Waals surface area contributed by atoms with E-state index in [1.807, 2.05) is 42.5 Å². The van der Waals surface area contributed by atoms with E-state index in [0.29, 0.717) is 5.69 Å². The van der Waals surface area contributed by atoms with Crippen LogP contribution in [-0.4, -0.2) is 11.0 Å². The Morgan fingerprint density at radius 3 is 2.38 bits per heavy atom. The molecule has 2 aromatic carbocycles. The summed E-state index contributed by atoms with van der Waals surface area (Å²) in [7, 11) is 0. The first-order chi connectivity index (χ1) is 12.7. The van der Waals surface area contributed by atoms with Crippen LogP contribution in [0.3, 0.4) is 0 Å². The summed E-state index contributed by atoms with van der Waals surface area (Å²) in [6.45, 7) is 4.21. The van der Waals surface area contributed by atoms with Gasteiger partial charge in [-0.25, -0.2) is 9.78 Å². The van der Waals surface area contributed by atoms with Crippen molar-refractivity contribution in [1.29, 1.82) is 0 Å². The predicted molar refractivity (Wildman–Crippen MR) is 107 cm³/mol. The molecule has 1 aromatic heterocycles. The minimum Gasteiger partial charge on any atom is -0.340 e. The van der Waals surface area contributed by atoms with Crippen LogP contribution in [0.5, 0.6) is 0 Å². The Kier molecular flexibility index (Phi) is 5.49. The normalized spacial score (nSPS) is 10.2. The number of carbonyl (C=O) groups excluding carboxylic acids is 1. The highest BCUT2D eigenvalue weighted by molar-refractivity contribution is 5.99. The van der Waals surface area contributed by atoms with E-state index >= 15 is 0 Å². The number of rotatable bonds is 5. The van der Waals surface area contributed by atoms with Crippen LogP contribution in [-0.2, 0) is 6.42 Å². The summed E-state index contributed by atoms with van der Waals surface area (Å²) in [6, 6.07) is 18.9. The van der Waals surface area contributed by atoms with Crippen molar-refractivity contribution in [1.82, 2.24) is 4.98 Å². The van der Waals surface area contributed by atoms with E-state index in [1.54, 1.807) is 6.20 Å². The first-order valence-corrected chi connectivity index (χ1v) is 8.60. The molecule has 2 amide bonds. The van der Waals surface area contributed by atoms with E-state index in [-0.39, 0.29) is 6.03 Å². The molecule has 0 unspecified atom stereocenters. The summed E-state index contributed by atoms with van der Waals surface area (Å²) in [5.41, 5.74) is 4.88. The molecule has 0 fully saturated rings. The number of aryl methyl sites for hydroxylation is 2. The number of hydrogen-bond donors (Lipinski definition) is 3. The summed E-state index contributed by atoms with van der Waals surface area (Å²) < 4.78 is 0. The number of hydrogen-bond acceptors (Lipinski definition) is 3. The number of nitrogens with one attached hydrogen (secondary N) is 3. The van der Waals surface area contributed by atoms with Gasteiger partial charge in [0.1, 0.15) is 5.82 Å². The number of carbonyl (C=O) groups is 1. The molecule has 132 valence electrons. The van der Waals surface area contributed by atoms with Crippen LogP contribution in [0.2, 0.25) is 0 Å². The van der Waals surface area contributed by atoms with Gasteiger partial charge in [0.15, 0.2) is 0 Å². The molecule has 0 saturated heterocycles. The number of pyridine rings is 1. The van der Waals surface area contributed by atoms with E-state index < -0.39 is 0 Å². The van der Waals surface area contributed by atoms with Crippen LogP contribution in [0.1, 0.15) is 18.1 Å². The Bertz CT molecular complexity index is 876. The summed E-state index contributed by atoms with van der Waals surface area (Å²) in [4.78, 5) is 16.4. The molecule has 5 heteroatoms. The van der Waals surface area contributed by atoms with Crippen LogP contribution in [0.4, 0.5) is 27.7 Å².